The third-order valence-electron chi connectivity index (χ3n) is 4.17. The first kappa shape index (κ1) is 10.3. The summed E-state index contributed by atoms with van der Waals surface area (Å²) in [6.07, 6.45) is 3.79. The zero-order valence-corrected chi connectivity index (χ0v) is 9.99. The van der Waals surface area contributed by atoms with Crippen molar-refractivity contribution in [3.8, 4) is 0 Å². The molecule has 2 aliphatic rings. The Balaban J connectivity index is 1.95. The van der Waals surface area contributed by atoms with Gasteiger partial charge in [-0.15, -0.1) is 0 Å². The van der Waals surface area contributed by atoms with Gasteiger partial charge in [0.05, 0.1) is 5.41 Å². The highest BCUT2D eigenvalue weighted by Crippen LogP contribution is 2.47. The van der Waals surface area contributed by atoms with Crippen LogP contribution in [0.3, 0.4) is 0 Å². The van der Waals surface area contributed by atoms with Crippen molar-refractivity contribution in [2.75, 3.05) is 13.1 Å². The van der Waals surface area contributed by atoms with Crippen LogP contribution in [0.25, 0.3) is 0 Å². The Labute approximate surface area is 95.8 Å². The van der Waals surface area contributed by atoms with Crippen LogP contribution in [0.5, 0.6) is 0 Å². The predicted molar refractivity (Wildman–Crippen MR) is 60.3 cm³/mol. The Morgan fingerprint density at radius 3 is 3.12 bits per heavy atom. The molecule has 1 N–H and O–H groups in total. The highest BCUT2D eigenvalue weighted by Gasteiger charge is 2.51. The quantitative estimate of drug-likeness (QED) is 0.827. The highest BCUT2D eigenvalue weighted by molar-refractivity contribution is 5.17. The zero-order valence-electron chi connectivity index (χ0n) is 9.99. The van der Waals surface area contributed by atoms with Crippen LogP contribution in [0.2, 0.25) is 0 Å². The van der Waals surface area contributed by atoms with Gasteiger partial charge in [0.1, 0.15) is 0 Å². The lowest BCUT2D eigenvalue weighted by atomic mass is 9.80. The molecular weight excluding hydrogens is 202 g/mol. The zero-order chi connectivity index (χ0) is 11.2. The van der Waals surface area contributed by atoms with E-state index in [2.05, 4.69) is 29.3 Å². The molecule has 0 unspecified atom stereocenters. The van der Waals surface area contributed by atoms with Crippen LogP contribution in [0, 0.1) is 5.92 Å². The number of hydrogen-bond acceptors (Lipinski definition) is 4. The number of nitrogens with zero attached hydrogens (tertiary/aromatic N) is 2. The maximum absolute atomic E-state index is 5.51. The van der Waals surface area contributed by atoms with Gasteiger partial charge in [-0.1, -0.05) is 25.4 Å². The summed E-state index contributed by atoms with van der Waals surface area (Å²) < 4.78 is 5.51. The largest absolute Gasteiger partial charge is 0.339 e. The maximum Gasteiger partial charge on any atom is 0.234 e. The molecule has 1 aliphatic carbocycles. The summed E-state index contributed by atoms with van der Waals surface area (Å²) in [6, 6.07) is 0. The molecule has 3 rings (SSSR count). The number of rotatable bonds is 2. The van der Waals surface area contributed by atoms with E-state index in [1.807, 2.05) is 0 Å². The summed E-state index contributed by atoms with van der Waals surface area (Å²) >= 11 is 0. The van der Waals surface area contributed by atoms with E-state index in [-0.39, 0.29) is 5.41 Å². The molecule has 1 saturated heterocycles. The predicted octanol–water partition coefficient (Wildman–Crippen LogP) is 1.83. The SMILES string of the molecule is CC(C)c1noc([C@]23CCC[C@H]2CNC3)n1. The van der Waals surface area contributed by atoms with Crippen LogP contribution in [-0.4, -0.2) is 23.2 Å². The molecule has 1 aromatic rings. The minimum atomic E-state index is 0.153. The first-order valence-electron chi connectivity index (χ1n) is 6.27. The lowest BCUT2D eigenvalue weighted by Crippen LogP contribution is -2.31. The average molecular weight is 221 g/mol. The fourth-order valence-corrected chi connectivity index (χ4v) is 3.17. The Bertz CT molecular complexity index is 375. The molecule has 0 aromatic carbocycles. The van der Waals surface area contributed by atoms with Crippen LogP contribution in [0.1, 0.15) is 50.7 Å². The van der Waals surface area contributed by atoms with Crippen molar-refractivity contribution < 1.29 is 4.52 Å². The van der Waals surface area contributed by atoms with Crippen LogP contribution in [-0.2, 0) is 5.41 Å². The van der Waals surface area contributed by atoms with E-state index >= 15 is 0 Å². The summed E-state index contributed by atoms with van der Waals surface area (Å²) in [5.41, 5.74) is 0.153. The van der Waals surface area contributed by atoms with Crippen LogP contribution >= 0.6 is 0 Å². The molecular formula is C12H19N3O. The summed E-state index contributed by atoms with van der Waals surface area (Å²) in [4.78, 5) is 4.61. The molecule has 2 heterocycles. The Morgan fingerprint density at radius 2 is 2.38 bits per heavy atom. The van der Waals surface area contributed by atoms with Crippen LogP contribution in [0.15, 0.2) is 4.52 Å². The topological polar surface area (TPSA) is 51.0 Å². The Kier molecular flexibility index (Phi) is 2.28. The second-order valence-corrected chi connectivity index (χ2v) is 5.49. The first-order chi connectivity index (χ1) is 7.72. The smallest absolute Gasteiger partial charge is 0.234 e. The van der Waals surface area contributed by atoms with Gasteiger partial charge in [-0.25, -0.2) is 0 Å². The standard InChI is InChI=1S/C12H19N3O/c1-8(2)10-14-11(16-15-10)12-5-3-4-9(12)6-13-7-12/h8-9,13H,3-7H2,1-2H3/t9-,12-/m0/s1. The summed E-state index contributed by atoms with van der Waals surface area (Å²) in [6.45, 7) is 6.33. The summed E-state index contributed by atoms with van der Waals surface area (Å²) in [5, 5.41) is 7.58. The van der Waals surface area contributed by atoms with E-state index in [4.69, 9.17) is 4.52 Å². The molecule has 1 aliphatic heterocycles. The monoisotopic (exact) mass is 221 g/mol. The molecule has 4 nitrogen and oxygen atoms in total. The van der Waals surface area contributed by atoms with Gasteiger partial charge in [0.2, 0.25) is 5.89 Å². The van der Waals surface area contributed by atoms with Crippen molar-refractivity contribution >= 4 is 0 Å². The van der Waals surface area contributed by atoms with Crippen molar-refractivity contribution in [3.63, 3.8) is 0 Å². The van der Waals surface area contributed by atoms with Crippen molar-refractivity contribution in [1.29, 1.82) is 0 Å². The van der Waals surface area contributed by atoms with Gasteiger partial charge in [-0.3, -0.25) is 0 Å². The van der Waals surface area contributed by atoms with Gasteiger partial charge in [-0.05, 0) is 25.3 Å². The van der Waals surface area contributed by atoms with Gasteiger partial charge >= 0.3 is 0 Å². The molecule has 4 heteroatoms. The van der Waals surface area contributed by atoms with E-state index in [0.29, 0.717) is 11.8 Å². The molecule has 88 valence electrons. The van der Waals surface area contributed by atoms with Crippen molar-refractivity contribution in [2.24, 2.45) is 5.92 Å². The van der Waals surface area contributed by atoms with E-state index in [9.17, 15) is 0 Å². The van der Waals surface area contributed by atoms with Crippen molar-refractivity contribution in [3.05, 3.63) is 11.7 Å². The minimum absolute atomic E-state index is 0.153. The number of fused-ring (bicyclic) bond motifs is 1. The molecule has 16 heavy (non-hydrogen) atoms. The fourth-order valence-electron chi connectivity index (χ4n) is 3.17. The second-order valence-electron chi connectivity index (χ2n) is 5.49. The van der Waals surface area contributed by atoms with Crippen LogP contribution in [0.4, 0.5) is 0 Å². The molecule has 1 saturated carbocycles. The molecule has 1 aromatic heterocycles. The third-order valence-corrected chi connectivity index (χ3v) is 4.17. The first-order valence-corrected chi connectivity index (χ1v) is 6.27. The Morgan fingerprint density at radius 1 is 1.50 bits per heavy atom. The van der Waals surface area contributed by atoms with Crippen LogP contribution < -0.4 is 5.32 Å². The molecule has 0 radical (unpaired) electrons. The number of nitrogens with one attached hydrogen (secondary N) is 1. The maximum atomic E-state index is 5.51. The normalized spacial score (nSPS) is 33.6. The van der Waals surface area contributed by atoms with Gasteiger partial charge < -0.3 is 9.84 Å². The van der Waals surface area contributed by atoms with Gasteiger partial charge in [0.15, 0.2) is 5.82 Å². The molecule has 0 amide bonds. The van der Waals surface area contributed by atoms with Crippen molar-refractivity contribution in [2.45, 2.75) is 44.4 Å². The van der Waals surface area contributed by atoms with Gasteiger partial charge in [0.25, 0.3) is 0 Å². The van der Waals surface area contributed by atoms with Crippen molar-refractivity contribution in [1.82, 2.24) is 15.5 Å². The van der Waals surface area contributed by atoms with E-state index in [0.717, 1.165) is 24.8 Å². The number of hydrogen-bond donors (Lipinski definition) is 1. The minimum Gasteiger partial charge on any atom is -0.339 e. The highest BCUT2D eigenvalue weighted by atomic mass is 16.5. The second kappa shape index (κ2) is 3.55. The average Bonchev–Trinajstić information content (AvgIpc) is 2.91. The molecule has 0 spiro atoms. The molecule has 2 fully saturated rings. The van der Waals surface area contributed by atoms with E-state index in [1.54, 1.807) is 0 Å². The third kappa shape index (κ3) is 1.32. The fraction of sp³-hybridized carbons (Fsp3) is 0.833. The summed E-state index contributed by atoms with van der Waals surface area (Å²) in [5.74, 6) is 2.78. The Hall–Kier alpha value is -0.900. The van der Waals surface area contributed by atoms with Gasteiger partial charge in [-0.2, -0.15) is 4.98 Å². The number of aromatic nitrogens is 2. The molecule has 2 atom stereocenters. The lowest BCUT2D eigenvalue weighted by molar-refractivity contribution is 0.264. The lowest BCUT2D eigenvalue weighted by Gasteiger charge is -2.22. The van der Waals surface area contributed by atoms with E-state index < -0.39 is 0 Å². The van der Waals surface area contributed by atoms with E-state index in [1.165, 1.54) is 19.3 Å². The van der Waals surface area contributed by atoms with Gasteiger partial charge in [0, 0.05) is 12.5 Å². The molecule has 0 bridgehead atoms. The summed E-state index contributed by atoms with van der Waals surface area (Å²) in [7, 11) is 0.